The van der Waals surface area contributed by atoms with Crippen LogP contribution in [-0.4, -0.2) is 57.7 Å². The van der Waals surface area contributed by atoms with Crippen molar-refractivity contribution < 1.29 is 4.79 Å². The molecule has 0 saturated carbocycles. The fraction of sp³-hybridized carbons (Fsp3) is 0.750. The van der Waals surface area contributed by atoms with Gasteiger partial charge in [0.05, 0.1) is 0 Å². The quantitative estimate of drug-likeness (QED) is 0.584. The fourth-order valence-corrected chi connectivity index (χ4v) is 2.82. The number of carbonyl (C=O) groups is 1. The average molecular weight is 335 g/mol. The van der Waals surface area contributed by atoms with Gasteiger partial charge >= 0.3 is 0 Å². The molecule has 0 spiro atoms. The van der Waals surface area contributed by atoms with Crippen molar-refractivity contribution in [2.75, 3.05) is 26.2 Å². The highest BCUT2D eigenvalue weighted by Gasteiger charge is 2.20. The maximum Gasteiger partial charge on any atom is 0.224 e. The summed E-state index contributed by atoms with van der Waals surface area (Å²) in [6.07, 6.45) is 4.34. The lowest BCUT2D eigenvalue weighted by atomic mass is 10.00. The number of piperidine rings is 1. The molecule has 2 rings (SSSR count). The van der Waals surface area contributed by atoms with Crippen LogP contribution in [0.4, 0.5) is 0 Å². The summed E-state index contributed by atoms with van der Waals surface area (Å²) in [4.78, 5) is 22.9. The van der Waals surface area contributed by atoms with Crippen LogP contribution in [0.5, 0.6) is 0 Å². The second kappa shape index (κ2) is 9.24. The third kappa shape index (κ3) is 5.50. The molecule has 1 aliphatic heterocycles. The molecule has 134 valence electrons. The van der Waals surface area contributed by atoms with Crippen LogP contribution in [-0.2, 0) is 18.4 Å². The maximum absolute atomic E-state index is 12.3. The third-order valence-corrected chi connectivity index (χ3v) is 4.17. The number of aromatic nitrogens is 3. The van der Waals surface area contributed by atoms with E-state index < -0.39 is 0 Å². The van der Waals surface area contributed by atoms with Gasteiger partial charge in [0.2, 0.25) is 5.91 Å². The van der Waals surface area contributed by atoms with E-state index in [4.69, 9.17) is 0 Å². The van der Waals surface area contributed by atoms with Crippen LogP contribution in [0.2, 0.25) is 0 Å². The molecule has 1 saturated heterocycles. The van der Waals surface area contributed by atoms with Gasteiger partial charge in [0.25, 0.3) is 0 Å². The standard InChI is InChI=1S/C16H29N7O/c1-4-17-16(19-10-14-20-12-21-22(14)3)18-8-7-15(24)23-9-5-6-13(2)11-23/h12-13H,4-11H2,1-3H3,(H2,17,18,19). The molecule has 2 heterocycles. The Labute approximate surface area is 143 Å². The van der Waals surface area contributed by atoms with Gasteiger partial charge in [-0.05, 0) is 25.7 Å². The minimum Gasteiger partial charge on any atom is -0.357 e. The number of nitrogens with one attached hydrogen (secondary N) is 2. The molecular formula is C16H29N7O. The van der Waals surface area contributed by atoms with E-state index in [1.807, 2.05) is 18.9 Å². The first kappa shape index (κ1) is 18.2. The van der Waals surface area contributed by atoms with Crippen LogP contribution in [0, 0.1) is 5.92 Å². The van der Waals surface area contributed by atoms with Crippen molar-refractivity contribution in [1.29, 1.82) is 0 Å². The minimum atomic E-state index is 0.221. The summed E-state index contributed by atoms with van der Waals surface area (Å²) in [5.74, 6) is 2.32. The average Bonchev–Trinajstić information content (AvgIpc) is 2.97. The summed E-state index contributed by atoms with van der Waals surface area (Å²) in [7, 11) is 1.84. The molecule has 1 atom stereocenters. The van der Waals surface area contributed by atoms with Crippen LogP contribution in [0.3, 0.4) is 0 Å². The molecule has 1 aliphatic rings. The lowest BCUT2D eigenvalue weighted by Crippen LogP contribution is -2.42. The van der Waals surface area contributed by atoms with Gasteiger partial charge in [-0.3, -0.25) is 9.48 Å². The normalized spacial score (nSPS) is 18.5. The van der Waals surface area contributed by atoms with Crippen LogP contribution in [0.1, 0.15) is 38.9 Å². The van der Waals surface area contributed by atoms with Crippen molar-refractivity contribution >= 4 is 11.9 Å². The molecule has 24 heavy (non-hydrogen) atoms. The van der Waals surface area contributed by atoms with E-state index in [0.29, 0.717) is 31.4 Å². The Morgan fingerprint density at radius 2 is 2.29 bits per heavy atom. The number of carbonyl (C=O) groups excluding carboxylic acids is 1. The number of nitrogens with zero attached hydrogens (tertiary/aromatic N) is 5. The van der Waals surface area contributed by atoms with E-state index in [9.17, 15) is 4.79 Å². The van der Waals surface area contributed by atoms with E-state index in [1.54, 1.807) is 4.68 Å². The number of likely N-dealkylation sites (tertiary alicyclic amines) is 1. The Hall–Kier alpha value is -2.12. The zero-order valence-corrected chi connectivity index (χ0v) is 15.0. The van der Waals surface area contributed by atoms with Crippen molar-refractivity contribution in [3.8, 4) is 0 Å². The van der Waals surface area contributed by atoms with Gasteiger partial charge in [-0.15, -0.1) is 0 Å². The van der Waals surface area contributed by atoms with Crippen LogP contribution in [0.25, 0.3) is 0 Å². The molecular weight excluding hydrogens is 306 g/mol. The van der Waals surface area contributed by atoms with Gasteiger partial charge in [-0.1, -0.05) is 6.92 Å². The second-order valence-electron chi connectivity index (χ2n) is 6.26. The first-order chi connectivity index (χ1) is 11.6. The number of hydrogen-bond donors (Lipinski definition) is 2. The first-order valence-corrected chi connectivity index (χ1v) is 8.73. The Morgan fingerprint density at radius 3 is 2.96 bits per heavy atom. The summed E-state index contributed by atoms with van der Waals surface area (Å²) >= 11 is 0. The van der Waals surface area contributed by atoms with Gasteiger partial charge in [0, 0.05) is 39.6 Å². The molecule has 1 aromatic heterocycles. The molecule has 1 aromatic rings. The van der Waals surface area contributed by atoms with E-state index in [-0.39, 0.29) is 5.91 Å². The van der Waals surface area contributed by atoms with Gasteiger partial charge in [0.1, 0.15) is 18.7 Å². The van der Waals surface area contributed by atoms with Gasteiger partial charge in [-0.25, -0.2) is 9.98 Å². The first-order valence-electron chi connectivity index (χ1n) is 8.73. The number of rotatable bonds is 6. The molecule has 8 nitrogen and oxygen atoms in total. The summed E-state index contributed by atoms with van der Waals surface area (Å²) in [6.45, 7) is 7.79. The molecule has 0 aliphatic carbocycles. The maximum atomic E-state index is 12.3. The van der Waals surface area contributed by atoms with Crippen molar-refractivity contribution in [2.24, 2.45) is 18.0 Å². The topological polar surface area (TPSA) is 87.4 Å². The summed E-state index contributed by atoms with van der Waals surface area (Å²) in [5.41, 5.74) is 0. The molecule has 8 heteroatoms. The number of amides is 1. The fourth-order valence-electron chi connectivity index (χ4n) is 2.82. The highest BCUT2D eigenvalue weighted by molar-refractivity contribution is 5.81. The predicted octanol–water partition coefficient (Wildman–Crippen LogP) is 0.519. The second-order valence-corrected chi connectivity index (χ2v) is 6.26. The van der Waals surface area contributed by atoms with Crippen LogP contribution >= 0.6 is 0 Å². The largest absolute Gasteiger partial charge is 0.357 e. The molecule has 0 bridgehead atoms. The highest BCUT2D eigenvalue weighted by Crippen LogP contribution is 2.15. The van der Waals surface area contributed by atoms with Crippen molar-refractivity contribution in [3.05, 3.63) is 12.2 Å². The van der Waals surface area contributed by atoms with Crippen molar-refractivity contribution in [3.63, 3.8) is 0 Å². The Morgan fingerprint density at radius 1 is 1.46 bits per heavy atom. The van der Waals surface area contributed by atoms with Gasteiger partial charge in [-0.2, -0.15) is 5.10 Å². The Bertz CT molecular complexity index is 554. The lowest BCUT2D eigenvalue weighted by Gasteiger charge is -2.31. The van der Waals surface area contributed by atoms with E-state index in [0.717, 1.165) is 31.9 Å². The predicted molar refractivity (Wildman–Crippen MR) is 93.4 cm³/mol. The van der Waals surface area contributed by atoms with E-state index in [1.165, 1.54) is 12.7 Å². The van der Waals surface area contributed by atoms with Gasteiger partial charge in [0.15, 0.2) is 5.96 Å². The number of aliphatic imine (C=N–C) groups is 1. The van der Waals surface area contributed by atoms with E-state index in [2.05, 4.69) is 32.6 Å². The SMILES string of the molecule is CCNC(=NCc1ncnn1C)NCCC(=O)N1CCCC(C)C1. The molecule has 1 fully saturated rings. The van der Waals surface area contributed by atoms with Crippen molar-refractivity contribution in [2.45, 2.75) is 39.7 Å². The zero-order chi connectivity index (χ0) is 17.4. The highest BCUT2D eigenvalue weighted by atomic mass is 16.2. The molecule has 1 amide bonds. The Balaban J connectivity index is 1.78. The van der Waals surface area contributed by atoms with Crippen molar-refractivity contribution in [1.82, 2.24) is 30.3 Å². The molecule has 0 radical (unpaired) electrons. The summed E-state index contributed by atoms with van der Waals surface area (Å²) in [6, 6.07) is 0. The van der Waals surface area contributed by atoms with Crippen LogP contribution < -0.4 is 10.6 Å². The smallest absolute Gasteiger partial charge is 0.224 e. The molecule has 2 N–H and O–H groups in total. The van der Waals surface area contributed by atoms with Gasteiger partial charge < -0.3 is 15.5 Å². The third-order valence-electron chi connectivity index (χ3n) is 4.17. The summed E-state index contributed by atoms with van der Waals surface area (Å²) < 4.78 is 1.70. The lowest BCUT2D eigenvalue weighted by molar-refractivity contribution is -0.132. The number of guanidine groups is 1. The van der Waals surface area contributed by atoms with E-state index >= 15 is 0 Å². The molecule has 1 unspecified atom stereocenters. The number of hydrogen-bond acceptors (Lipinski definition) is 4. The Kier molecular flexibility index (Phi) is 7.02. The zero-order valence-electron chi connectivity index (χ0n) is 15.0. The summed E-state index contributed by atoms with van der Waals surface area (Å²) in [5, 5.41) is 10.4. The van der Waals surface area contributed by atoms with Crippen LogP contribution in [0.15, 0.2) is 11.3 Å². The monoisotopic (exact) mass is 335 g/mol. The number of aryl methyl sites for hydroxylation is 1. The molecule has 0 aromatic carbocycles. The minimum absolute atomic E-state index is 0.221.